The number of nitro groups is 1. The fourth-order valence-electron chi connectivity index (χ4n) is 2.66. The second kappa shape index (κ2) is 6.49. The zero-order chi connectivity index (χ0) is 17.1. The summed E-state index contributed by atoms with van der Waals surface area (Å²) in [6, 6.07) is 15.2. The maximum absolute atomic E-state index is 12.1. The van der Waals surface area contributed by atoms with Gasteiger partial charge in [0.2, 0.25) is 5.91 Å². The van der Waals surface area contributed by atoms with Gasteiger partial charge >= 0.3 is 0 Å². The summed E-state index contributed by atoms with van der Waals surface area (Å²) in [5, 5.41) is 10.9. The van der Waals surface area contributed by atoms with Crippen molar-refractivity contribution < 1.29 is 14.5 Å². The van der Waals surface area contributed by atoms with Crippen molar-refractivity contribution in [2.24, 2.45) is 5.92 Å². The highest BCUT2D eigenvalue weighted by Crippen LogP contribution is 2.47. The van der Waals surface area contributed by atoms with E-state index in [9.17, 15) is 19.7 Å². The summed E-state index contributed by atoms with van der Waals surface area (Å²) in [6.45, 7) is 0. The summed E-state index contributed by atoms with van der Waals surface area (Å²) in [5.74, 6) is -1.06. The summed E-state index contributed by atoms with van der Waals surface area (Å²) in [7, 11) is 0. The normalized spacial score (nSPS) is 18.5. The molecule has 0 aromatic heterocycles. The number of nitrogens with one attached hydrogen (secondary N) is 2. The number of amides is 2. The van der Waals surface area contributed by atoms with E-state index in [1.165, 1.54) is 24.3 Å². The Bertz CT molecular complexity index is 791. The van der Waals surface area contributed by atoms with Crippen LogP contribution in [0.3, 0.4) is 0 Å². The molecular weight excluding hydrogens is 310 g/mol. The molecule has 2 atom stereocenters. The lowest BCUT2D eigenvalue weighted by molar-refractivity contribution is -0.385. The van der Waals surface area contributed by atoms with Crippen molar-refractivity contribution in [2.75, 3.05) is 0 Å². The van der Waals surface area contributed by atoms with Crippen LogP contribution in [0.5, 0.6) is 0 Å². The first-order chi connectivity index (χ1) is 11.6. The average molecular weight is 325 g/mol. The molecule has 0 spiro atoms. The smallest absolute Gasteiger partial charge is 0.273 e. The van der Waals surface area contributed by atoms with E-state index in [0.29, 0.717) is 0 Å². The fourth-order valence-corrected chi connectivity index (χ4v) is 2.66. The topological polar surface area (TPSA) is 101 Å². The van der Waals surface area contributed by atoms with E-state index in [0.717, 1.165) is 12.0 Å². The molecule has 0 bridgehead atoms. The van der Waals surface area contributed by atoms with Crippen molar-refractivity contribution in [3.63, 3.8) is 0 Å². The molecule has 0 aliphatic heterocycles. The van der Waals surface area contributed by atoms with Crippen molar-refractivity contribution in [1.29, 1.82) is 0 Å². The molecule has 1 saturated carbocycles. The summed E-state index contributed by atoms with van der Waals surface area (Å²) in [4.78, 5) is 34.4. The van der Waals surface area contributed by atoms with Crippen molar-refractivity contribution in [3.05, 3.63) is 75.8 Å². The van der Waals surface area contributed by atoms with Gasteiger partial charge in [-0.2, -0.15) is 0 Å². The third-order valence-electron chi connectivity index (χ3n) is 4.00. The summed E-state index contributed by atoms with van der Waals surface area (Å²) >= 11 is 0. The number of carbonyl (C=O) groups excluding carboxylic acids is 2. The van der Waals surface area contributed by atoms with Gasteiger partial charge in [0.1, 0.15) is 5.56 Å². The molecule has 2 N–H and O–H groups in total. The first-order valence-electron chi connectivity index (χ1n) is 7.46. The predicted molar refractivity (Wildman–Crippen MR) is 86.0 cm³/mol. The number of para-hydroxylation sites is 1. The van der Waals surface area contributed by atoms with E-state index in [1.807, 2.05) is 30.3 Å². The van der Waals surface area contributed by atoms with Crippen LogP contribution in [0, 0.1) is 16.0 Å². The number of nitro benzene ring substituents is 1. The Morgan fingerprint density at radius 2 is 1.67 bits per heavy atom. The Morgan fingerprint density at radius 3 is 2.38 bits per heavy atom. The van der Waals surface area contributed by atoms with Gasteiger partial charge in [0, 0.05) is 12.0 Å². The number of hydrogen-bond acceptors (Lipinski definition) is 4. The number of rotatable bonds is 4. The lowest BCUT2D eigenvalue weighted by Crippen LogP contribution is -2.42. The van der Waals surface area contributed by atoms with Gasteiger partial charge in [-0.05, 0) is 24.0 Å². The van der Waals surface area contributed by atoms with Crippen LogP contribution in [-0.4, -0.2) is 16.7 Å². The average Bonchev–Trinajstić information content (AvgIpc) is 3.41. The van der Waals surface area contributed by atoms with Gasteiger partial charge in [-0.15, -0.1) is 0 Å². The quantitative estimate of drug-likeness (QED) is 0.664. The summed E-state index contributed by atoms with van der Waals surface area (Å²) in [5.41, 5.74) is 5.27. The molecule has 2 aromatic carbocycles. The van der Waals surface area contributed by atoms with E-state index in [2.05, 4.69) is 10.9 Å². The number of nitrogens with zero attached hydrogens (tertiary/aromatic N) is 1. The first-order valence-corrected chi connectivity index (χ1v) is 7.46. The molecule has 0 unspecified atom stereocenters. The van der Waals surface area contributed by atoms with Gasteiger partial charge < -0.3 is 0 Å². The predicted octanol–water partition coefficient (Wildman–Crippen LogP) is 2.16. The minimum absolute atomic E-state index is 0.0989. The molecule has 7 nitrogen and oxygen atoms in total. The van der Waals surface area contributed by atoms with Crippen LogP contribution in [0.15, 0.2) is 54.6 Å². The molecule has 122 valence electrons. The highest BCUT2D eigenvalue weighted by molar-refractivity contribution is 5.99. The lowest BCUT2D eigenvalue weighted by Gasteiger charge is -2.07. The van der Waals surface area contributed by atoms with E-state index >= 15 is 0 Å². The van der Waals surface area contributed by atoms with Crippen LogP contribution in [0.1, 0.15) is 28.3 Å². The Hall–Kier alpha value is -3.22. The molecule has 24 heavy (non-hydrogen) atoms. The summed E-state index contributed by atoms with van der Waals surface area (Å²) in [6.07, 6.45) is 0.719. The van der Waals surface area contributed by atoms with Gasteiger partial charge in [0.05, 0.1) is 4.92 Å². The number of carbonyl (C=O) groups is 2. The minimum atomic E-state index is -0.715. The second-order valence-corrected chi connectivity index (χ2v) is 5.58. The molecule has 2 aromatic rings. The maximum atomic E-state index is 12.1. The van der Waals surface area contributed by atoms with Crippen LogP contribution in [0.2, 0.25) is 0 Å². The van der Waals surface area contributed by atoms with Crippen LogP contribution in [0.25, 0.3) is 0 Å². The van der Waals surface area contributed by atoms with Crippen molar-refractivity contribution in [1.82, 2.24) is 10.9 Å². The molecule has 3 rings (SSSR count). The third kappa shape index (κ3) is 3.24. The van der Waals surface area contributed by atoms with Crippen molar-refractivity contribution in [2.45, 2.75) is 12.3 Å². The van der Waals surface area contributed by atoms with Crippen LogP contribution in [-0.2, 0) is 4.79 Å². The molecule has 0 heterocycles. The molecule has 1 aliphatic carbocycles. The highest BCUT2D eigenvalue weighted by atomic mass is 16.6. The Kier molecular flexibility index (Phi) is 4.24. The zero-order valence-corrected chi connectivity index (χ0v) is 12.6. The highest BCUT2D eigenvalue weighted by Gasteiger charge is 2.44. The van der Waals surface area contributed by atoms with E-state index < -0.39 is 10.8 Å². The molecule has 0 saturated heterocycles. The van der Waals surface area contributed by atoms with E-state index in [-0.39, 0.29) is 29.0 Å². The summed E-state index contributed by atoms with van der Waals surface area (Å²) < 4.78 is 0. The Morgan fingerprint density at radius 1 is 1.00 bits per heavy atom. The molecule has 2 amide bonds. The van der Waals surface area contributed by atoms with Crippen molar-refractivity contribution >= 4 is 17.5 Å². The third-order valence-corrected chi connectivity index (χ3v) is 4.00. The standard InChI is InChI=1S/C17H15N3O4/c21-16(12-8-4-5-9-15(12)20(23)24)18-19-17(22)14-10-13(14)11-6-2-1-3-7-11/h1-9,13-14H,10H2,(H,18,21)(H,19,22)/t13-,14-/m1/s1. The van der Waals surface area contributed by atoms with Crippen molar-refractivity contribution in [3.8, 4) is 0 Å². The van der Waals surface area contributed by atoms with E-state index in [1.54, 1.807) is 0 Å². The largest absolute Gasteiger partial charge is 0.282 e. The molecule has 1 aliphatic rings. The van der Waals surface area contributed by atoms with Gasteiger partial charge in [0.15, 0.2) is 0 Å². The molecular formula is C17H15N3O4. The fraction of sp³-hybridized carbons (Fsp3) is 0.176. The SMILES string of the molecule is O=C(NNC(=O)[C@@H]1C[C@@H]1c1ccccc1)c1ccccc1[N+](=O)[O-]. The molecule has 7 heteroatoms. The minimum Gasteiger partial charge on any atom is -0.273 e. The van der Waals surface area contributed by atoms with Crippen LogP contribution in [0.4, 0.5) is 5.69 Å². The molecule has 0 radical (unpaired) electrons. The van der Waals surface area contributed by atoms with E-state index in [4.69, 9.17) is 0 Å². The van der Waals surface area contributed by atoms with Gasteiger partial charge in [0.25, 0.3) is 11.6 Å². The Labute approximate surface area is 137 Å². The van der Waals surface area contributed by atoms with Crippen LogP contribution >= 0.6 is 0 Å². The van der Waals surface area contributed by atoms with Gasteiger partial charge in [-0.3, -0.25) is 30.6 Å². The second-order valence-electron chi connectivity index (χ2n) is 5.58. The monoisotopic (exact) mass is 325 g/mol. The maximum Gasteiger partial charge on any atom is 0.282 e. The number of benzene rings is 2. The number of hydrazine groups is 1. The Balaban J connectivity index is 1.58. The van der Waals surface area contributed by atoms with Gasteiger partial charge in [-0.25, -0.2) is 0 Å². The first kappa shape index (κ1) is 15.7. The zero-order valence-electron chi connectivity index (χ0n) is 12.6. The van der Waals surface area contributed by atoms with Crippen LogP contribution < -0.4 is 10.9 Å². The molecule has 1 fully saturated rings. The lowest BCUT2D eigenvalue weighted by atomic mass is 10.1. The number of hydrogen-bond donors (Lipinski definition) is 2. The van der Waals surface area contributed by atoms with Gasteiger partial charge in [-0.1, -0.05) is 42.5 Å².